The molecule has 1 rings (SSSR count). The molecule has 2 N–H and O–H groups in total. The molecule has 0 aliphatic heterocycles. The third-order valence-electron chi connectivity index (χ3n) is 3.82. The van der Waals surface area contributed by atoms with E-state index in [2.05, 4.69) is 11.9 Å². The summed E-state index contributed by atoms with van der Waals surface area (Å²) in [6.07, 6.45) is 7.67. The van der Waals surface area contributed by atoms with Gasteiger partial charge in [0.1, 0.15) is 0 Å². The molecule has 0 aromatic carbocycles. The lowest BCUT2D eigenvalue weighted by Gasteiger charge is -2.28. The molecule has 0 aromatic heterocycles. The van der Waals surface area contributed by atoms with Crippen molar-refractivity contribution in [3.8, 4) is 0 Å². The lowest BCUT2D eigenvalue weighted by molar-refractivity contribution is -0.131. The summed E-state index contributed by atoms with van der Waals surface area (Å²) in [5, 5.41) is 0. The highest BCUT2D eigenvalue weighted by molar-refractivity contribution is 5.77. The summed E-state index contributed by atoms with van der Waals surface area (Å²) in [6.45, 7) is 3.02. The fraction of sp³-hybridized carbons (Fsp3) is 0.929. The predicted octanol–water partition coefficient (Wildman–Crippen LogP) is 1.31. The number of amides is 1. The van der Waals surface area contributed by atoms with Crippen LogP contribution in [0.5, 0.6) is 0 Å². The van der Waals surface area contributed by atoms with Crippen LogP contribution in [0.2, 0.25) is 0 Å². The van der Waals surface area contributed by atoms with Gasteiger partial charge in [0.25, 0.3) is 0 Å². The standard InChI is InChI=1S/C14H29N3O/c1-16(11-13-7-4-3-5-8-13)12-14(18)17(2)10-6-9-15/h13H,3-12,15H2,1-2H3. The van der Waals surface area contributed by atoms with Crippen LogP contribution in [0.25, 0.3) is 0 Å². The number of nitrogens with zero attached hydrogens (tertiary/aromatic N) is 2. The Morgan fingerprint density at radius 1 is 1.22 bits per heavy atom. The molecule has 1 fully saturated rings. The van der Waals surface area contributed by atoms with Gasteiger partial charge in [-0.15, -0.1) is 0 Å². The average molecular weight is 255 g/mol. The number of carbonyl (C=O) groups excluding carboxylic acids is 1. The van der Waals surface area contributed by atoms with E-state index in [-0.39, 0.29) is 5.91 Å². The minimum absolute atomic E-state index is 0.210. The van der Waals surface area contributed by atoms with Crippen LogP contribution < -0.4 is 5.73 Å². The van der Waals surface area contributed by atoms with E-state index >= 15 is 0 Å². The summed E-state index contributed by atoms with van der Waals surface area (Å²) in [6, 6.07) is 0. The highest BCUT2D eigenvalue weighted by Crippen LogP contribution is 2.23. The van der Waals surface area contributed by atoms with Crippen molar-refractivity contribution in [3.05, 3.63) is 0 Å². The minimum atomic E-state index is 0.210. The molecule has 0 spiro atoms. The summed E-state index contributed by atoms with van der Waals surface area (Å²) in [5.74, 6) is 1.01. The molecule has 0 unspecified atom stereocenters. The molecule has 1 aliphatic carbocycles. The van der Waals surface area contributed by atoms with E-state index in [4.69, 9.17) is 5.73 Å². The topological polar surface area (TPSA) is 49.6 Å². The SMILES string of the molecule is CN(CC(=O)N(C)CCCN)CC1CCCCC1. The first-order valence-electron chi connectivity index (χ1n) is 7.26. The van der Waals surface area contributed by atoms with Crippen molar-refractivity contribution in [3.63, 3.8) is 0 Å². The Morgan fingerprint density at radius 3 is 2.50 bits per heavy atom. The Hall–Kier alpha value is -0.610. The Balaban J connectivity index is 2.21. The Bertz CT molecular complexity index is 239. The van der Waals surface area contributed by atoms with Gasteiger partial charge in [0, 0.05) is 20.1 Å². The highest BCUT2D eigenvalue weighted by Gasteiger charge is 2.17. The maximum atomic E-state index is 11.9. The van der Waals surface area contributed by atoms with Crippen molar-refractivity contribution in [2.24, 2.45) is 11.7 Å². The lowest BCUT2D eigenvalue weighted by Crippen LogP contribution is -2.39. The number of likely N-dealkylation sites (N-methyl/N-ethyl adjacent to an activating group) is 2. The molecule has 0 saturated heterocycles. The molecule has 18 heavy (non-hydrogen) atoms. The summed E-state index contributed by atoms with van der Waals surface area (Å²) in [4.78, 5) is 15.9. The average Bonchev–Trinajstić information content (AvgIpc) is 2.36. The maximum Gasteiger partial charge on any atom is 0.236 e. The van der Waals surface area contributed by atoms with Crippen molar-refractivity contribution in [1.82, 2.24) is 9.80 Å². The fourth-order valence-electron chi connectivity index (χ4n) is 2.68. The molecule has 1 amide bonds. The highest BCUT2D eigenvalue weighted by atomic mass is 16.2. The smallest absolute Gasteiger partial charge is 0.236 e. The van der Waals surface area contributed by atoms with Crippen LogP contribution in [0.4, 0.5) is 0 Å². The number of hydrogen-bond acceptors (Lipinski definition) is 3. The maximum absolute atomic E-state index is 11.9. The van der Waals surface area contributed by atoms with Crippen LogP contribution in [-0.2, 0) is 4.79 Å². The molecule has 0 atom stereocenters. The van der Waals surface area contributed by atoms with Crippen molar-refractivity contribution < 1.29 is 4.79 Å². The first kappa shape index (κ1) is 15.4. The number of carbonyl (C=O) groups is 1. The Kier molecular flexibility index (Phi) is 7.28. The molecule has 106 valence electrons. The van der Waals surface area contributed by atoms with E-state index in [0.717, 1.165) is 25.4 Å². The molecule has 0 aromatic rings. The van der Waals surface area contributed by atoms with Crippen molar-refractivity contribution in [2.45, 2.75) is 38.5 Å². The number of nitrogens with two attached hydrogens (primary N) is 1. The van der Waals surface area contributed by atoms with Gasteiger partial charge in [-0.1, -0.05) is 19.3 Å². The zero-order chi connectivity index (χ0) is 13.4. The second kappa shape index (κ2) is 8.48. The second-order valence-electron chi connectivity index (χ2n) is 5.66. The summed E-state index contributed by atoms with van der Waals surface area (Å²) in [5.41, 5.74) is 5.45. The third-order valence-corrected chi connectivity index (χ3v) is 3.82. The van der Waals surface area contributed by atoms with Crippen LogP contribution in [-0.4, -0.2) is 56.0 Å². The Labute approximate surface area is 111 Å². The van der Waals surface area contributed by atoms with Gasteiger partial charge in [0.2, 0.25) is 5.91 Å². The van der Waals surface area contributed by atoms with E-state index < -0.39 is 0 Å². The monoisotopic (exact) mass is 255 g/mol. The summed E-state index contributed by atoms with van der Waals surface area (Å²) < 4.78 is 0. The van der Waals surface area contributed by atoms with Crippen molar-refractivity contribution in [1.29, 1.82) is 0 Å². The minimum Gasteiger partial charge on any atom is -0.345 e. The predicted molar refractivity (Wildman–Crippen MR) is 75.4 cm³/mol. The van der Waals surface area contributed by atoms with E-state index in [0.29, 0.717) is 13.1 Å². The van der Waals surface area contributed by atoms with Crippen LogP contribution in [0.15, 0.2) is 0 Å². The fourth-order valence-corrected chi connectivity index (χ4v) is 2.68. The van der Waals surface area contributed by atoms with E-state index in [1.807, 2.05) is 7.05 Å². The number of hydrogen-bond donors (Lipinski definition) is 1. The first-order valence-corrected chi connectivity index (χ1v) is 7.26. The molecule has 0 bridgehead atoms. The molecule has 1 saturated carbocycles. The normalized spacial score (nSPS) is 17.1. The van der Waals surface area contributed by atoms with Gasteiger partial charge in [0.05, 0.1) is 6.54 Å². The quantitative estimate of drug-likeness (QED) is 0.746. The third kappa shape index (κ3) is 5.83. The molecule has 1 aliphatic rings. The van der Waals surface area contributed by atoms with Gasteiger partial charge in [0.15, 0.2) is 0 Å². The largest absolute Gasteiger partial charge is 0.345 e. The number of rotatable bonds is 7. The van der Waals surface area contributed by atoms with Gasteiger partial charge >= 0.3 is 0 Å². The second-order valence-corrected chi connectivity index (χ2v) is 5.66. The van der Waals surface area contributed by atoms with Gasteiger partial charge < -0.3 is 10.6 Å². The molecule has 4 nitrogen and oxygen atoms in total. The van der Waals surface area contributed by atoms with Crippen LogP contribution in [0, 0.1) is 5.92 Å². The molecule has 0 heterocycles. The van der Waals surface area contributed by atoms with E-state index in [1.165, 1.54) is 32.1 Å². The van der Waals surface area contributed by atoms with E-state index in [1.54, 1.807) is 4.90 Å². The van der Waals surface area contributed by atoms with Crippen LogP contribution in [0.3, 0.4) is 0 Å². The van der Waals surface area contributed by atoms with Gasteiger partial charge in [-0.25, -0.2) is 0 Å². The van der Waals surface area contributed by atoms with Crippen LogP contribution in [0.1, 0.15) is 38.5 Å². The summed E-state index contributed by atoms with van der Waals surface area (Å²) in [7, 11) is 3.93. The summed E-state index contributed by atoms with van der Waals surface area (Å²) >= 11 is 0. The molecular weight excluding hydrogens is 226 g/mol. The van der Waals surface area contributed by atoms with E-state index in [9.17, 15) is 4.79 Å². The van der Waals surface area contributed by atoms with Gasteiger partial charge in [-0.3, -0.25) is 9.69 Å². The van der Waals surface area contributed by atoms with Crippen molar-refractivity contribution >= 4 is 5.91 Å². The van der Waals surface area contributed by atoms with Gasteiger partial charge in [-0.2, -0.15) is 0 Å². The zero-order valence-electron chi connectivity index (χ0n) is 12.0. The van der Waals surface area contributed by atoms with Gasteiger partial charge in [-0.05, 0) is 38.8 Å². The zero-order valence-corrected chi connectivity index (χ0v) is 12.0. The molecular formula is C14H29N3O. The molecule has 0 radical (unpaired) electrons. The Morgan fingerprint density at radius 2 is 1.89 bits per heavy atom. The first-order chi connectivity index (χ1) is 8.63. The molecule has 4 heteroatoms. The van der Waals surface area contributed by atoms with Crippen molar-refractivity contribution in [2.75, 3.05) is 40.3 Å². The van der Waals surface area contributed by atoms with Crippen LogP contribution >= 0.6 is 0 Å². The lowest BCUT2D eigenvalue weighted by atomic mass is 9.89.